The van der Waals surface area contributed by atoms with Crippen molar-refractivity contribution >= 4 is 23.2 Å². The average Bonchev–Trinajstić information content (AvgIpc) is 2.70. The topological polar surface area (TPSA) is 99.9 Å². The summed E-state index contributed by atoms with van der Waals surface area (Å²) in [6.45, 7) is 2.43. The molecule has 2 N–H and O–H groups in total. The lowest BCUT2D eigenvalue weighted by atomic mass is 10.2. The molecule has 1 amide bonds. The van der Waals surface area contributed by atoms with Crippen LogP contribution in [-0.2, 0) is 0 Å². The average molecular weight is 359 g/mol. The molecule has 0 aliphatic heterocycles. The zero-order valence-corrected chi connectivity index (χ0v) is 14.6. The number of ether oxygens (including phenoxy) is 1. The molecule has 3 aromatic rings. The quantitative estimate of drug-likeness (QED) is 0.695. The number of nitrogens with zero attached hydrogens (tertiary/aromatic N) is 3. The van der Waals surface area contributed by atoms with E-state index in [1.165, 1.54) is 12.3 Å². The van der Waals surface area contributed by atoms with Crippen LogP contribution in [-0.4, -0.2) is 22.5 Å². The predicted molar refractivity (Wildman–Crippen MR) is 102 cm³/mol. The van der Waals surface area contributed by atoms with Gasteiger partial charge in [0.05, 0.1) is 23.9 Å². The van der Waals surface area contributed by atoms with Gasteiger partial charge < -0.3 is 15.4 Å². The third-order valence-corrected chi connectivity index (χ3v) is 3.57. The van der Waals surface area contributed by atoms with Crippen molar-refractivity contribution in [3.63, 3.8) is 0 Å². The molecular formula is C20H17N5O2. The number of hydrogen-bond acceptors (Lipinski definition) is 6. The molecular weight excluding hydrogens is 342 g/mol. The van der Waals surface area contributed by atoms with Gasteiger partial charge in [-0.3, -0.25) is 4.79 Å². The first-order chi connectivity index (χ1) is 13.2. The molecule has 134 valence electrons. The van der Waals surface area contributed by atoms with Gasteiger partial charge in [-0.15, -0.1) is 0 Å². The molecule has 0 fully saturated rings. The van der Waals surface area contributed by atoms with Crippen molar-refractivity contribution in [3.8, 4) is 11.8 Å². The van der Waals surface area contributed by atoms with E-state index in [0.29, 0.717) is 29.3 Å². The molecule has 1 aromatic heterocycles. The first kappa shape index (κ1) is 17.9. The molecule has 7 nitrogen and oxygen atoms in total. The largest absolute Gasteiger partial charge is 0.492 e. The Labute approximate surface area is 156 Å². The summed E-state index contributed by atoms with van der Waals surface area (Å²) < 4.78 is 5.56. The molecule has 0 radical (unpaired) electrons. The van der Waals surface area contributed by atoms with E-state index in [9.17, 15) is 4.79 Å². The minimum atomic E-state index is -0.395. The van der Waals surface area contributed by atoms with E-state index in [4.69, 9.17) is 10.00 Å². The van der Waals surface area contributed by atoms with Crippen molar-refractivity contribution in [2.75, 3.05) is 17.2 Å². The zero-order chi connectivity index (χ0) is 19.1. The maximum absolute atomic E-state index is 12.5. The number of para-hydroxylation sites is 2. The Morgan fingerprint density at radius 1 is 1.19 bits per heavy atom. The molecule has 3 rings (SSSR count). The highest BCUT2D eigenvalue weighted by molar-refractivity contribution is 6.03. The molecule has 0 unspecified atom stereocenters. The molecule has 0 bridgehead atoms. The van der Waals surface area contributed by atoms with Crippen LogP contribution >= 0.6 is 0 Å². The van der Waals surface area contributed by atoms with Crippen LogP contribution in [0.15, 0.2) is 60.8 Å². The van der Waals surface area contributed by atoms with Gasteiger partial charge in [-0.1, -0.05) is 18.2 Å². The third kappa shape index (κ3) is 4.58. The first-order valence-electron chi connectivity index (χ1n) is 8.33. The van der Waals surface area contributed by atoms with Crippen LogP contribution in [0.3, 0.4) is 0 Å². The predicted octanol–water partition coefficient (Wildman–Crippen LogP) is 3.74. The van der Waals surface area contributed by atoms with Gasteiger partial charge in [-0.25, -0.2) is 9.97 Å². The SMILES string of the molecule is CCOc1ccccc1Nc1nccc(C(=O)Nc2cccc(C#N)c2)n1. The van der Waals surface area contributed by atoms with Crippen molar-refractivity contribution in [1.29, 1.82) is 5.26 Å². The van der Waals surface area contributed by atoms with Crippen molar-refractivity contribution in [1.82, 2.24) is 9.97 Å². The van der Waals surface area contributed by atoms with Crippen molar-refractivity contribution in [2.24, 2.45) is 0 Å². The van der Waals surface area contributed by atoms with Crippen LogP contribution < -0.4 is 15.4 Å². The summed E-state index contributed by atoms with van der Waals surface area (Å²) in [5.41, 5.74) is 1.89. The number of anilines is 3. The summed E-state index contributed by atoms with van der Waals surface area (Å²) in [6.07, 6.45) is 1.50. The Hall–Kier alpha value is -3.92. The summed E-state index contributed by atoms with van der Waals surface area (Å²) in [5, 5.41) is 14.7. The van der Waals surface area contributed by atoms with Gasteiger partial charge in [0.2, 0.25) is 5.95 Å². The second-order valence-electron chi connectivity index (χ2n) is 5.47. The Morgan fingerprint density at radius 2 is 2.04 bits per heavy atom. The Bertz CT molecular complexity index is 997. The third-order valence-electron chi connectivity index (χ3n) is 3.57. The Kier molecular flexibility index (Phi) is 5.60. The second kappa shape index (κ2) is 8.45. The zero-order valence-electron chi connectivity index (χ0n) is 14.6. The second-order valence-corrected chi connectivity index (χ2v) is 5.47. The summed E-state index contributed by atoms with van der Waals surface area (Å²) in [7, 11) is 0. The highest BCUT2D eigenvalue weighted by Gasteiger charge is 2.11. The minimum Gasteiger partial charge on any atom is -0.492 e. The van der Waals surface area contributed by atoms with Gasteiger partial charge in [0.15, 0.2) is 0 Å². The van der Waals surface area contributed by atoms with E-state index >= 15 is 0 Å². The van der Waals surface area contributed by atoms with E-state index in [1.807, 2.05) is 37.3 Å². The molecule has 2 aromatic carbocycles. The molecule has 0 saturated heterocycles. The standard InChI is InChI=1S/C20H17N5O2/c1-2-27-18-9-4-3-8-16(18)24-20-22-11-10-17(25-20)19(26)23-15-7-5-6-14(12-15)13-21/h3-12H,2H2,1H3,(H,23,26)(H,22,24,25). The number of hydrogen-bond donors (Lipinski definition) is 2. The molecule has 0 aliphatic carbocycles. The summed E-state index contributed by atoms with van der Waals surface area (Å²) >= 11 is 0. The van der Waals surface area contributed by atoms with Gasteiger partial charge in [-0.2, -0.15) is 5.26 Å². The highest BCUT2D eigenvalue weighted by Crippen LogP contribution is 2.26. The van der Waals surface area contributed by atoms with Crippen LogP contribution in [0.1, 0.15) is 23.0 Å². The minimum absolute atomic E-state index is 0.198. The summed E-state index contributed by atoms with van der Waals surface area (Å²) in [5.74, 6) is 0.556. The number of nitriles is 1. The number of carbonyl (C=O) groups is 1. The normalized spacial score (nSPS) is 9.93. The number of carbonyl (C=O) groups excluding carboxylic acids is 1. The molecule has 0 saturated carbocycles. The van der Waals surface area contributed by atoms with E-state index in [0.717, 1.165) is 0 Å². The fraction of sp³-hybridized carbons (Fsp3) is 0.100. The lowest BCUT2D eigenvalue weighted by Gasteiger charge is -2.11. The van der Waals surface area contributed by atoms with Crippen LogP contribution in [0.2, 0.25) is 0 Å². The molecule has 0 aliphatic rings. The number of nitrogens with one attached hydrogen (secondary N) is 2. The van der Waals surface area contributed by atoms with Gasteiger partial charge in [-0.05, 0) is 43.3 Å². The monoisotopic (exact) mass is 359 g/mol. The van der Waals surface area contributed by atoms with Crippen LogP contribution in [0.25, 0.3) is 0 Å². The highest BCUT2D eigenvalue weighted by atomic mass is 16.5. The number of rotatable bonds is 6. The van der Waals surface area contributed by atoms with Gasteiger partial charge in [0.25, 0.3) is 5.91 Å². The lowest BCUT2D eigenvalue weighted by molar-refractivity contribution is 0.102. The molecule has 1 heterocycles. The van der Waals surface area contributed by atoms with Crippen LogP contribution in [0, 0.1) is 11.3 Å². The fourth-order valence-electron chi connectivity index (χ4n) is 2.38. The first-order valence-corrected chi connectivity index (χ1v) is 8.33. The number of benzene rings is 2. The van der Waals surface area contributed by atoms with Crippen LogP contribution in [0.4, 0.5) is 17.3 Å². The van der Waals surface area contributed by atoms with E-state index in [2.05, 4.69) is 20.6 Å². The number of amides is 1. The van der Waals surface area contributed by atoms with Crippen molar-refractivity contribution < 1.29 is 9.53 Å². The summed E-state index contributed by atoms with van der Waals surface area (Å²) in [6, 6.07) is 17.6. The van der Waals surface area contributed by atoms with Crippen molar-refractivity contribution in [3.05, 3.63) is 72.1 Å². The maximum Gasteiger partial charge on any atom is 0.274 e. The van der Waals surface area contributed by atoms with Crippen molar-refractivity contribution in [2.45, 2.75) is 6.92 Å². The summed E-state index contributed by atoms with van der Waals surface area (Å²) in [4.78, 5) is 20.9. The van der Waals surface area contributed by atoms with Gasteiger partial charge >= 0.3 is 0 Å². The van der Waals surface area contributed by atoms with E-state index < -0.39 is 5.91 Å². The van der Waals surface area contributed by atoms with E-state index in [-0.39, 0.29) is 11.6 Å². The maximum atomic E-state index is 12.5. The van der Waals surface area contributed by atoms with E-state index in [1.54, 1.807) is 24.3 Å². The smallest absolute Gasteiger partial charge is 0.274 e. The van der Waals surface area contributed by atoms with Crippen LogP contribution in [0.5, 0.6) is 5.75 Å². The van der Waals surface area contributed by atoms with Gasteiger partial charge in [0.1, 0.15) is 11.4 Å². The molecule has 0 spiro atoms. The number of aromatic nitrogens is 2. The fourth-order valence-corrected chi connectivity index (χ4v) is 2.38. The lowest BCUT2D eigenvalue weighted by Crippen LogP contribution is -2.15. The Balaban J connectivity index is 1.77. The van der Waals surface area contributed by atoms with Gasteiger partial charge in [0, 0.05) is 11.9 Å². The Morgan fingerprint density at radius 3 is 2.85 bits per heavy atom. The molecule has 7 heteroatoms. The molecule has 0 atom stereocenters. The molecule has 27 heavy (non-hydrogen) atoms.